The van der Waals surface area contributed by atoms with Crippen molar-refractivity contribution in [2.24, 2.45) is 0 Å². The first-order valence-electron chi connectivity index (χ1n) is 7.89. The lowest BCUT2D eigenvalue weighted by Crippen LogP contribution is -2.60. The van der Waals surface area contributed by atoms with E-state index in [-0.39, 0.29) is 6.42 Å². The lowest BCUT2D eigenvalue weighted by Gasteiger charge is -2.40. The van der Waals surface area contributed by atoms with Crippen LogP contribution in [0.25, 0.3) is 0 Å². The van der Waals surface area contributed by atoms with Crippen LogP contribution >= 0.6 is 0 Å². The van der Waals surface area contributed by atoms with Crippen LogP contribution in [0.15, 0.2) is 25.3 Å². The van der Waals surface area contributed by atoms with Crippen LogP contribution in [0.4, 0.5) is 0 Å². The number of esters is 3. The number of carbonyl (C=O) groups excluding carboxylic acids is 3. The summed E-state index contributed by atoms with van der Waals surface area (Å²) >= 11 is 0. The summed E-state index contributed by atoms with van der Waals surface area (Å²) in [6.07, 6.45) is -5.02. The second kappa shape index (κ2) is 8.93. The molecule has 1 unspecified atom stereocenters. The molecule has 1 fully saturated rings. The average Bonchev–Trinajstić information content (AvgIpc) is 2.79. The number of aliphatic hydroxyl groups is 2. The Kier molecular flexibility index (Phi) is 7.49. The normalized spacial score (nSPS) is 30.0. The summed E-state index contributed by atoms with van der Waals surface area (Å²) in [4.78, 5) is 34.2. The first-order chi connectivity index (χ1) is 12.1. The minimum Gasteiger partial charge on any atom is -0.459 e. The van der Waals surface area contributed by atoms with Gasteiger partial charge in [-0.05, 0) is 0 Å². The van der Waals surface area contributed by atoms with Crippen molar-refractivity contribution in [2.45, 2.75) is 63.5 Å². The minimum atomic E-state index is -2.00. The molecule has 146 valence electrons. The van der Waals surface area contributed by atoms with Crippen LogP contribution in [0.5, 0.6) is 0 Å². The number of aliphatic hydroxyl groups excluding tert-OH is 2. The largest absolute Gasteiger partial charge is 0.459 e. The third kappa shape index (κ3) is 4.48. The van der Waals surface area contributed by atoms with E-state index in [1.165, 1.54) is 6.08 Å². The van der Waals surface area contributed by atoms with E-state index in [0.29, 0.717) is 0 Å². The summed E-state index contributed by atoms with van der Waals surface area (Å²) in [6, 6.07) is 0. The van der Waals surface area contributed by atoms with E-state index >= 15 is 0 Å². The summed E-state index contributed by atoms with van der Waals surface area (Å²) in [7, 11) is 0. The zero-order valence-electron chi connectivity index (χ0n) is 14.9. The van der Waals surface area contributed by atoms with Gasteiger partial charge in [-0.15, -0.1) is 13.2 Å². The van der Waals surface area contributed by atoms with Gasteiger partial charge in [-0.25, -0.2) is 0 Å². The van der Waals surface area contributed by atoms with Crippen LogP contribution < -0.4 is 0 Å². The molecule has 2 N–H and O–H groups in total. The Labute approximate surface area is 151 Å². The van der Waals surface area contributed by atoms with Gasteiger partial charge in [0.1, 0.15) is 18.3 Å². The predicted molar refractivity (Wildman–Crippen MR) is 87.5 cm³/mol. The molecule has 0 radical (unpaired) electrons. The highest BCUT2D eigenvalue weighted by atomic mass is 16.8. The van der Waals surface area contributed by atoms with Crippen LogP contribution in [0.3, 0.4) is 0 Å². The maximum atomic E-state index is 11.5. The second-order valence-electron chi connectivity index (χ2n) is 5.77. The fourth-order valence-electron chi connectivity index (χ4n) is 2.87. The van der Waals surface area contributed by atoms with E-state index in [4.69, 9.17) is 18.9 Å². The number of hydrogen-bond acceptors (Lipinski definition) is 9. The van der Waals surface area contributed by atoms with E-state index < -0.39 is 54.2 Å². The van der Waals surface area contributed by atoms with Gasteiger partial charge in [-0.1, -0.05) is 12.2 Å². The number of carbonyl (C=O) groups is 3. The molecule has 6 atom stereocenters. The molecule has 1 aliphatic heterocycles. The summed E-state index contributed by atoms with van der Waals surface area (Å²) < 4.78 is 20.8. The molecule has 9 nitrogen and oxygen atoms in total. The Bertz CT molecular complexity index is 573. The Hall–Kier alpha value is -2.23. The van der Waals surface area contributed by atoms with Gasteiger partial charge in [0.15, 0.2) is 11.7 Å². The van der Waals surface area contributed by atoms with E-state index in [9.17, 15) is 24.6 Å². The van der Waals surface area contributed by atoms with Gasteiger partial charge in [0.05, 0.1) is 0 Å². The maximum absolute atomic E-state index is 11.5. The molecule has 1 aliphatic rings. The smallest absolute Gasteiger partial charge is 0.305 e. The molecule has 0 aromatic rings. The Morgan fingerprint density at radius 2 is 1.73 bits per heavy atom. The summed E-state index contributed by atoms with van der Waals surface area (Å²) in [5, 5.41) is 21.3. The first kappa shape index (κ1) is 21.8. The van der Waals surface area contributed by atoms with Gasteiger partial charge in [0.2, 0.25) is 6.29 Å². The quantitative estimate of drug-likeness (QED) is 0.343. The van der Waals surface area contributed by atoms with Crippen molar-refractivity contribution in [3.63, 3.8) is 0 Å². The van der Waals surface area contributed by atoms with E-state index in [1.54, 1.807) is 0 Å². The highest BCUT2D eigenvalue weighted by Gasteiger charge is 2.65. The first-order valence-corrected chi connectivity index (χ1v) is 7.89. The third-order valence-electron chi connectivity index (χ3n) is 3.82. The lowest BCUT2D eigenvalue weighted by molar-refractivity contribution is -0.241. The molecule has 0 aliphatic carbocycles. The molecule has 0 aromatic carbocycles. The molecule has 1 heterocycles. The van der Waals surface area contributed by atoms with Crippen molar-refractivity contribution in [3.8, 4) is 0 Å². The number of rotatable bonds is 8. The van der Waals surface area contributed by atoms with Gasteiger partial charge in [0.25, 0.3) is 0 Å². The topological polar surface area (TPSA) is 129 Å². The van der Waals surface area contributed by atoms with E-state index in [2.05, 4.69) is 13.2 Å². The van der Waals surface area contributed by atoms with Crippen LogP contribution in [0, 0.1) is 0 Å². The van der Waals surface area contributed by atoms with Gasteiger partial charge in [0, 0.05) is 27.2 Å². The Morgan fingerprint density at radius 1 is 1.15 bits per heavy atom. The molecule has 1 rings (SSSR count). The minimum absolute atomic E-state index is 0.0128. The number of hydrogen-bond donors (Lipinski definition) is 2. The zero-order valence-corrected chi connectivity index (χ0v) is 14.9. The van der Waals surface area contributed by atoms with Crippen molar-refractivity contribution >= 4 is 17.9 Å². The Balaban J connectivity index is 3.44. The molecule has 9 heteroatoms. The van der Waals surface area contributed by atoms with Gasteiger partial charge < -0.3 is 29.2 Å². The summed E-state index contributed by atoms with van der Waals surface area (Å²) in [6.45, 7) is 10.3. The van der Waals surface area contributed by atoms with Crippen LogP contribution in [0.2, 0.25) is 0 Å². The molecular formula is C17H24O9. The van der Waals surface area contributed by atoms with Gasteiger partial charge in [-0.2, -0.15) is 0 Å². The van der Waals surface area contributed by atoms with Crippen molar-refractivity contribution < 1.29 is 43.5 Å². The molecule has 1 saturated heterocycles. The average molecular weight is 372 g/mol. The second-order valence-corrected chi connectivity index (χ2v) is 5.77. The SMILES string of the molecule is C=CC[C@H](OC(C)=O)[C@]1([C@H](O)C=C)OC(OC(C)=O)[C@H](OC(C)=O)[C@@H]1O. The fourth-order valence-corrected chi connectivity index (χ4v) is 2.87. The van der Waals surface area contributed by atoms with Crippen molar-refractivity contribution in [1.29, 1.82) is 0 Å². The standard InChI is InChI=1S/C17H24O9/c1-6-8-13(23-9(3)18)17(12(21)7-2)15(22)14(24-10(4)19)16(26-17)25-11(5)20/h6-7,12-16,21-22H,1-2,8H2,3-5H3/t12-,13+,14-,15+,16?,17+/m1/s1. The van der Waals surface area contributed by atoms with E-state index in [1.807, 2.05) is 0 Å². The third-order valence-corrected chi connectivity index (χ3v) is 3.82. The molecule has 0 saturated carbocycles. The molecule has 0 aromatic heterocycles. The van der Waals surface area contributed by atoms with Crippen LogP contribution in [0.1, 0.15) is 27.2 Å². The van der Waals surface area contributed by atoms with Gasteiger partial charge in [-0.3, -0.25) is 14.4 Å². The Morgan fingerprint density at radius 3 is 2.15 bits per heavy atom. The molecular weight excluding hydrogens is 348 g/mol. The van der Waals surface area contributed by atoms with Crippen molar-refractivity contribution in [2.75, 3.05) is 0 Å². The lowest BCUT2D eigenvalue weighted by atomic mass is 9.82. The summed E-state index contributed by atoms with van der Waals surface area (Å²) in [5.74, 6) is -2.24. The van der Waals surface area contributed by atoms with E-state index in [0.717, 1.165) is 26.8 Å². The van der Waals surface area contributed by atoms with Gasteiger partial charge >= 0.3 is 17.9 Å². The summed E-state index contributed by atoms with van der Waals surface area (Å²) in [5.41, 5.74) is -2.00. The van der Waals surface area contributed by atoms with Crippen LogP contribution in [-0.4, -0.2) is 64.4 Å². The highest BCUT2D eigenvalue weighted by molar-refractivity contribution is 5.68. The molecule has 26 heavy (non-hydrogen) atoms. The van der Waals surface area contributed by atoms with Crippen molar-refractivity contribution in [3.05, 3.63) is 25.3 Å². The zero-order chi connectivity index (χ0) is 20.1. The maximum Gasteiger partial charge on any atom is 0.305 e. The number of ether oxygens (including phenoxy) is 4. The highest BCUT2D eigenvalue weighted by Crippen LogP contribution is 2.42. The van der Waals surface area contributed by atoms with Crippen LogP contribution in [-0.2, 0) is 33.3 Å². The fraction of sp³-hybridized carbons (Fsp3) is 0.588. The predicted octanol–water partition coefficient (Wildman–Crippen LogP) is -0.00810. The molecule has 0 amide bonds. The molecule has 0 bridgehead atoms. The monoisotopic (exact) mass is 372 g/mol. The van der Waals surface area contributed by atoms with Crippen molar-refractivity contribution in [1.82, 2.24) is 0 Å². The molecule has 0 spiro atoms.